The maximum absolute atomic E-state index is 13.9. The summed E-state index contributed by atoms with van der Waals surface area (Å²) in [6, 6.07) is 6.02. The van der Waals surface area contributed by atoms with Gasteiger partial charge < -0.3 is 15.8 Å². The van der Waals surface area contributed by atoms with Gasteiger partial charge in [0.2, 0.25) is 11.9 Å². The first-order valence-electron chi connectivity index (χ1n) is 7.40. The van der Waals surface area contributed by atoms with Crippen molar-refractivity contribution in [2.75, 3.05) is 24.2 Å². The van der Waals surface area contributed by atoms with Gasteiger partial charge in [0.1, 0.15) is 12.4 Å². The Morgan fingerprint density at radius 3 is 2.39 bits per heavy atom. The molecule has 0 spiro atoms. The number of nitrogens with two attached hydrogens (primary N) is 1. The Kier molecular flexibility index (Phi) is 4.98. The van der Waals surface area contributed by atoms with Gasteiger partial charge in [-0.15, -0.1) is 0 Å². The van der Waals surface area contributed by atoms with Crippen LogP contribution in [-0.4, -0.2) is 28.1 Å². The van der Waals surface area contributed by atoms with Gasteiger partial charge in [-0.2, -0.15) is 15.0 Å². The molecule has 6 nitrogen and oxygen atoms in total. The van der Waals surface area contributed by atoms with Crippen molar-refractivity contribution in [3.8, 4) is 5.75 Å². The van der Waals surface area contributed by atoms with E-state index in [1.165, 1.54) is 13.8 Å². The van der Waals surface area contributed by atoms with Gasteiger partial charge in [-0.3, -0.25) is 0 Å². The Balaban J connectivity index is 1.92. The van der Waals surface area contributed by atoms with Crippen molar-refractivity contribution in [2.24, 2.45) is 0 Å². The lowest BCUT2D eigenvalue weighted by molar-refractivity contribution is 0.206. The van der Waals surface area contributed by atoms with Gasteiger partial charge >= 0.3 is 0 Å². The van der Waals surface area contributed by atoms with Gasteiger partial charge in [0, 0.05) is 0 Å². The summed E-state index contributed by atoms with van der Waals surface area (Å²) in [5.41, 5.74) is 6.20. The van der Waals surface area contributed by atoms with Crippen molar-refractivity contribution in [3.63, 3.8) is 0 Å². The lowest BCUT2D eigenvalue weighted by atomic mass is 10.1. The molecule has 0 aliphatic carbocycles. The third kappa shape index (κ3) is 5.05. The molecule has 0 aliphatic rings. The number of hydrogen-bond acceptors (Lipinski definition) is 6. The molecule has 0 saturated carbocycles. The van der Waals surface area contributed by atoms with Crippen LogP contribution in [0.5, 0.6) is 5.75 Å². The van der Waals surface area contributed by atoms with Crippen molar-refractivity contribution >= 4 is 11.9 Å². The molecule has 124 valence electrons. The number of alkyl halides is 1. The van der Waals surface area contributed by atoms with Gasteiger partial charge in [0.25, 0.3) is 0 Å². The van der Waals surface area contributed by atoms with E-state index in [9.17, 15) is 4.39 Å². The van der Waals surface area contributed by atoms with Crippen LogP contribution in [0.2, 0.25) is 0 Å². The van der Waals surface area contributed by atoms with Crippen LogP contribution in [0.1, 0.15) is 30.8 Å². The predicted octanol–water partition coefficient (Wildman–Crippen LogP) is 2.77. The minimum Gasteiger partial charge on any atom is -0.492 e. The maximum atomic E-state index is 13.9. The lowest BCUT2D eigenvalue weighted by Gasteiger charge is -2.14. The molecule has 0 radical (unpaired) electrons. The Morgan fingerprint density at radius 1 is 1.13 bits per heavy atom. The number of aryl methyl sites for hydroxylation is 2. The number of nitrogens with zero attached hydrogens (tertiary/aromatic N) is 3. The molecule has 0 amide bonds. The van der Waals surface area contributed by atoms with E-state index in [-0.39, 0.29) is 17.7 Å². The molecule has 0 bridgehead atoms. The van der Waals surface area contributed by atoms with Crippen LogP contribution >= 0.6 is 0 Å². The number of halogens is 1. The van der Waals surface area contributed by atoms with Crippen LogP contribution in [-0.2, 0) is 5.67 Å². The lowest BCUT2D eigenvalue weighted by Crippen LogP contribution is -2.20. The van der Waals surface area contributed by atoms with Crippen molar-refractivity contribution < 1.29 is 9.13 Å². The summed E-state index contributed by atoms with van der Waals surface area (Å²) in [4.78, 5) is 11.8. The summed E-state index contributed by atoms with van der Waals surface area (Å²) in [6.45, 7) is 7.66. The number of ether oxygens (including phenoxy) is 1. The second-order valence-electron chi connectivity index (χ2n) is 5.91. The Hall–Kier alpha value is -2.44. The highest BCUT2D eigenvalue weighted by Gasteiger charge is 2.24. The highest BCUT2D eigenvalue weighted by molar-refractivity contribution is 5.34. The minimum atomic E-state index is -1.68. The monoisotopic (exact) mass is 319 g/mol. The molecule has 0 unspecified atom stereocenters. The van der Waals surface area contributed by atoms with E-state index in [1.54, 1.807) is 0 Å². The molecular weight excluding hydrogens is 297 g/mol. The van der Waals surface area contributed by atoms with Crippen LogP contribution < -0.4 is 15.8 Å². The molecule has 1 heterocycles. The normalized spacial score (nSPS) is 11.3. The molecule has 0 fully saturated rings. The van der Waals surface area contributed by atoms with Crippen LogP contribution in [0.15, 0.2) is 18.2 Å². The fourth-order valence-corrected chi connectivity index (χ4v) is 2.09. The number of rotatable bonds is 6. The number of nitrogen functional groups attached to an aromatic ring is 1. The zero-order chi connectivity index (χ0) is 17.0. The van der Waals surface area contributed by atoms with Crippen LogP contribution in [0.25, 0.3) is 0 Å². The standard InChI is InChI=1S/C16H22FN5O/c1-10-7-11(2)9-12(8-10)23-6-5-19-15-21-13(16(3,4)17)20-14(18)22-15/h7-9H,5-6H2,1-4H3,(H3,18,19,20,21,22). The minimum absolute atomic E-state index is 0.00253. The molecule has 1 aromatic carbocycles. The molecular formula is C16H22FN5O. The van der Waals surface area contributed by atoms with Crippen molar-refractivity contribution in [1.82, 2.24) is 15.0 Å². The van der Waals surface area contributed by atoms with E-state index in [0.29, 0.717) is 13.2 Å². The number of aromatic nitrogens is 3. The van der Waals surface area contributed by atoms with Gasteiger partial charge in [0.05, 0.1) is 6.54 Å². The van der Waals surface area contributed by atoms with Crippen molar-refractivity contribution in [2.45, 2.75) is 33.4 Å². The second kappa shape index (κ2) is 6.76. The van der Waals surface area contributed by atoms with Crippen LogP contribution in [0.4, 0.5) is 16.3 Å². The number of benzene rings is 1. The Labute approximate surface area is 135 Å². The SMILES string of the molecule is Cc1cc(C)cc(OCCNc2nc(N)nc(C(C)(C)F)n2)c1. The highest BCUT2D eigenvalue weighted by atomic mass is 19.1. The zero-order valence-electron chi connectivity index (χ0n) is 13.9. The maximum Gasteiger partial charge on any atom is 0.227 e. The first kappa shape index (κ1) is 16.9. The molecule has 0 aliphatic heterocycles. The largest absolute Gasteiger partial charge is 0.492 e. The first-order valence-corrected chi connectivity index (χ1v) is 7.40. The molecule has 23 heavy (non-hydrogen) atoms. The summed E-state index contributed by atoms with van der Waals surface area (Å²) in [5, 5.41) is 2.96. The van der Waals surface area contributed by atoms with E-state index in [0.717, 1.165) is 16.9 Å². The fraction of sp³-hybridized carbons (Fsp3) is 0.438. The summed E-state index contributed by atoms with van der Waals surface area (Å²) in [5.74, 6) is 1.04. The van der Waals surface area contributed by atoms with E-state index in [1.807, 2.05) is 26.0 Å². The zero-order valence-corrected chi connectivity index (χ0v) is 13.9. The molecule has 3 N–H and O–H groups in total. The molecule has 7 heteroatoms. The smallest absolute Gasteiger partial charge is 0.227 e. The first-order chi connectivity index (χ1) is 10.7. The van der Waals surface area contributed by atoms with Gasteiger partial charge in [0.15, 0.2) is 11.5 Å². The second-order valence-corrected chi connectivity index (χ2v) is 5.91. The number of anilines is 2. The van der Waals surface area contributed by atoms with E-state index >= 15 is 0 Å². The number of hydrogen-bond donors (Lipinski definition) is 2. The fourth-order valence-electron chi connectivity index (χ4n) is 2.09. The quantitative estimate of drug-likeness (QED) is 0.796. The average molecular weight is 319 g/mol. The van der Waals surface area contributed by atoms with E-state index in [2.05, 4.69) is 26.3 Å². The molecule has 1 aromatic heterocycles. The van der Waals surface area contributed by atoms with Crippen molar-refractivity contribution in [3.05, 3.63) is 35.2 Å². The van der Waals surface area contributed by atoms with Gasteiger partial charge in [-0.1, -0.05) is 6.07 Å². The average Bonchev–Trinajstić information content (AvgIpc) is 2.41. The summed E-state index contributed by atoms with van der Waals surface area (Å²) >= 11 is 0. The molecule has 0 atom stereocenters. The topological polar surface area (TPSA) is 86.0 Å². The van der Waals surface area contributed by atoms with Crippen LogP contribution in [0.3, 0.4) is 0 Å². The summed E-state index contributed by atoms with van der Waals surface area (Å²) < 4.78 is 19.6. The Morgan fingerprint density at radius 2 is 1.78 bits per heavy atom. The van der Waals surface area contributed by atoms with Gasteiger partial charge in [-0.05, 0) is 51.0 Å². The predicted molar refractivity (Wildman–Crippen MR) is 88.3 cm³/mol. The molecule has 2 aromatic rings. The van der Waals surface area contributed by atoms with E-state index in [4.69, 9.17) is 10.5 Å². The Bertz CT molecular complexity index is 664. The third-order valence-electron chi connectivity index (χ3n) is 3.03. The van der Waals surface area contributed by atoms with Crippen LogP contribution in [0, 0.1) is 13.8 Å². The summed E-state index contributed by atoms with van der Waals surface area (Å²) in [6.07, 6.45) is 0. The third-order valence-corrected chi connectivity index (χ3v) is 3.03. The highest BCUT2D eigenvalue weighted by Crippen LogP contribution is 2.22. The number of nitrogens with one attached hydrogen (secondary N) is 1. The molecule has 2 rings (SSSR count). The van der Waals surface area contributed by atoms with Crippen molar-refractivity contribution in [1.29, 1.82) is 0 Å². The molecule has 0 saturated heterocycles. The van der Waals surface area contributed by atoms with E-state index < -0.39 is 5.67 Å². The van der Waals surface area contributed by atoms with Gasteiger partial charge in [-0.25, -0.2) is 4.39 Å². The summed E-state index contributed by atoms with van der Waals surface area (Å²) in [7, 11) is 0.